The second kappa shape index (κ2) is 6.06. The van der Waals surface area contributed by atoms with Crippen LogP contribution in [0.1, 0.15) is 51.3 Å². The van der Waals surface area contributed by atoms with Gasteiger partial charge in [0.15, 0.2) is 0 Å². The first-order chi connectivity index (χ1) is 10.2. The highest BCUT2D eigenvalue weighted by atomic mass is 16.5. The summed E-state index contributed by atoms with van der Waals surface area (Å²) in [4.78, 5) is 14.6. The molecule has 0 radical (unpaired) electrons. The molecule has 21 heavy (non-hydrogen) atoms. The van der Waals surface area contributed by atoms with E-state index >= 15 is 0 Å². The highest BCUT2D eigenvalue weighted by molar-refractivity contribution is 5.85. The topological polar surface area (TPSA) is 41.6 Å². The second-order valence-corrected chi connectivity index (χ2v) is 5.89. The molecule has 1 aromatic rings. The van der Waals surface area contributed by atoms with Crippen LogP contribution in [0.15, 0.2) is 24.3 Å². The maximum absolute atomic E-state index is 12.6. The van der Waals surface area contributed by atoms with Gasteiger partial charge in [-0.1, -0.05) is 25.5 Å². The molecule has 2 unspecified atom stereocenters. The van der Waals surface area contributed by atoms with Crippen molar-refractivity contribution in [3.8, 4) is 5.75 Å². The predicted octanol–water partition coefficient (Wildman–Crippen LogP) is 2.85. The average Bonchev–Trinajstić information content (AvgIpc) is 3.27. The van der Waals surface area contributed by atoms with Crippen LogP contribution in [0, 0.1) is 0 Å². The van der Waals surface area contributed by atoms with E-state index in [2.05, 4.69) is 29.3 Å². The lowest BCUT2D eigenvalue weighted by atomic mass is 10.1. The highest BCUT2D eigenvalue weighted by Gasteiger charge is 2.46. The van der Waals surface area contributed by atoms with Crippen molar-refractivity contribution in [1.29, 1.82) is 0 Å². The third kappa shape index (κ3) is 2.91. The lowest BCUT2D eigenvalue weighted by molar-refractivity contribution is -0.130. The molecule has 1 heterocycles. The molecule has 1 N–H and O–H groups in total. The van der Waals surface area contributed by atoms with Crippen molar-refractivity contribution >= 4 is 5.91 Å². The van der Waals surface area contributed by atoms with Gasteiger partial charge in [-0.05, 0) is 43.9 Å². The molecule has 2 fully saturated rings. The number of hydrogen-bond acceptors (Lipinski definition) is 3. The van der Waals surface area contributed by atoms with E-state index in [0.29, 0.717) is 12.6 Å². The Morgan fingerprint density at radius 3 is 2.52 bits per heavy atom. The summed E-state index contributed by atoms with van der Waals surface area (Å²) >= 11 is 0. The number of carbonyl (C=O) groups is 1. The van der Waals surface area contributed by atoms with Crippen LogP contribution in [-0.2, 0) is 4.79 Å². The Kier molecular flexibility index (Phi) is 4.15. The standard InChI is InChI=1S/C17H24N2O2/c1-3-5-15-17(20)19(13-8-9-13)16(18-15)12-6-10-14(11-7-12)21-4-2/h6-7,10-11,13,15-16,18H,3-5,8-9H2,1-2H3. The van der Waals surface area contributed by atoms with Gasteiger partial charge in [0.2, 0.25) is 5.91 Å². The lowest BCUT2D eigenvalue weighted by Crippen LogP contribution is -2.33. The second-order valence-electron chi connectivity index (χ2n) is 5.89. The van der Waals surface area contributed by atoms with Gasteiger partial charge >= 0.3 is 0 Å². The predicted molar refractivity (Wildman–Crippen MR) is 82.1 cm³/mol. The molecule has 3 rings (SSSR count). The monoisotopic (exact) mass is 288 g/mol. The van der Waals surface area contributed by atoms with Gasteiger partial charge in [-0.25, -0.2) is 0 Å². The first-order valence-electron chi connectivity index (χ1n) is 8.05. The minimum absolute atomic E-state index is 0.0211. The van der Waals surface area contributed by atoms with Crippen molar-refractivity contribution in [2.24, 2.45) is 0 Å². The quantitative estimate of drug-likeness (QED) is 0.875. The zero-order valence-corrected chi connectivity index (χ0v) is 12.8. The largest absolute Gasteiger partial charge is 0.494 e. The van der Waals surface area contributed by atoms with Crippen LogP contribution in [0.5, 0.6) is 5.75 Å². The van der Waals surface area contributed by atoms with Crippen molar-refractivity contribution in [3.63, 3.8) is 0 Å². The highest BCUT2D eigenvalue weighted by Crippen LogP contribution is 2.38. The molecule has 1 amide bonds. The van der Waals surface area contributed by atoms with Crippen LogP contribution in [0.4, 0.5) is 0 Å². The van der Waals surface area contributed by atoms with E-state index in [-0.39, 0.29) is 18.1 Å². The van der Waals surface area contributed by atoms with Gasteiger partial charge in [0, 0.05) is 6.04 Å². The minimum Gasteiger partial charge on any atom is -0.494 e. The summed E-state index contributed by atoms with van der Waals surface area (Å²) in [6.07, 6.45) is 4.24. The van der Waals surface area contributed by atoms with Gasteiger partial charge < -0.3 is 9.64 Å². The lowest BCUT2D eigenvalue weighted by Gasteiger charge is -2.24. The summed E-state index contributed by atoms with van der Waals surface area (Å²) in [7, 11) is 0. The van der Waals surface area contributed by atoms with Gasteiger partial charge in [-0.2, -0.15) is 0 Å². The molecule has 114 valence electrons. The maximum atomic E-state index is 12.6. The molecule has 1 aliphatic heterocycles. The van der Waals surface area contributed by atoms with Crippen LogP contribution in [0.3, 0.4) is 0 Å². The molecular formula is C17H24N2O2. The fraction of sp³-hybridized carbons (Fsp3) is 0.588. The number of ether oxygens (including phenoxy) is 1. The minimum atomic E-state index is -0.0211. The number of hydrogen-bond donors (Lipinski definition) is 1. The van der Waals surface area contributed by atoms with E-state index in [0.717, 1.165) is 37.0 Å². The third-order valence-corrected chi connectivity index (χ3v) is 4.21. The number of nitrogens with one attached hydrogen (secondary N) is 1. The third-order valence-electron chi connectivity index (χ3n) is 4.21. The summed E-state index contributed by atoms with van der Waals surface area (Å²) in [5.41, 5.74) is 1.15. The Balaban J connectivity index is 1.80. The Morgan fingerprint density at radius 1 is 1.24 bits per heavy atom. The van der Waals surface area contributed by atoms with E-state index in [9.17, 15) is 4.79 Å². The number of amides is 1. The molecule has 0 bridgehead atoms. The summed E-state index contributed by atoms with van der Waals surface area (Å²) in [5, 5.41) is 3.52. The van der Waals surface area contributed by atoms with Crippen LogP contribution in [0.2, 0.25) is 0 Å². The van der Waals surface area contributed by atoms with Gasteiger partial charge in [0.05, 0.1) is 12.6 Å². The van der Waals surface area contributed by atoms with Crippen LogP contribution < -0.4 is 10.1 Å². The molecular weight excluding hydrogens is 264 g/mol. The molecule has 4 heteroatoms. The van der Waals surface area contributed by atoms with Crippen LogP contribution in [-0.4, -0.2) is 29.5 Å². The summed E-state index contributed by atoms with van der Waals surface area (Å²) in [5.74, 6) is 1.16. The Labute approximate surface area is 126 Å². The average molecular weight is 288 g/mol. The number of benzene rings is 1. The number of rotatable bonds is 6. The van der Waals surface area contributed by atoms with Crippen LogP contribution >= 0.6 is 0 Å². The van der Waals surface area contributed by atoms with E-state index in [1.54, 1.807) is 0 Å². The van der Waals surface area contributed by atoms with E-state index < -0.39 is 0 Å². The van der Waals surface area contributed by atoms with E-state index in [4.69, 9.17) is 4.74 Å². The molecule has 1 saturated carbocycles. The smallest absolute Gasteiger partial charge is 0.241 e. The van der Waals surface area contributed by atoms with Gasteiger partial charge in [0.25, 0.3) is 0 Å². The molecule has 2 aliphatic rings. The molecule has 2 atom stereocenters. The van der Waals surface area contributed by atoms with Crippen LogP contribution in [0.25, 0.3) is 0 Å². The Hall–Kier alpha value is -1.55. The van der Waals surface area contributed by atoms with Crippen molar-refractivity contribution in [1.82, 2.24) is 10.2 Å². The first kappa shape index (κ1) is 14.4. The van der Waals surface area contributed by atoms with E-state index in [1.807, 2.05) is 19.1 Å². The molecule has 1 aromatic carbocycles. The molecule has 4 nitrogen and oxygen atoms in total. The Morgan fingerprint density at radius 2 is 1.95 bits per heavy atom. The molecule has 1 saturated heterocycles. The number of carbonyl (C=O) groups excluding carboxylic acids is 1. The Bertz CT molecular complexity index is 496. The van der Waals surface area contributed by atoms with Crippen molar-refractivity contribution in [2.75, 3.05) is 6.61 Å². The van der Waals surface area contributed by atoms with Crippen molar-refractivity contribution in [3.05, 3.63) is 29.8 Å². The van der Waals surface area contributed by atoms with Gasteiger partial charge in [-0.15, -0.1) is 0 Å². The summed E-state index contributed by atoms with van der Waals surface area (Å²) in [6, 6.07) is 8.53. The normalized spacial score (nSPS) is 25.4. The summed E-state index contributed by atoms with van der Waals surface area (Å²) in [6.45, 7) is 4.78. The molecule has 0 aromatic heterocycles. The van der Waals surface area contributed by atoms with E-state index in [1.165, 1.54) is 0 Å². The molecule has 1 aliphatic carbocycles. The zero-order chi connectivity index (χ0) is 14.8. The molecule has 0 spiro atoms. The van der Waals surface area contributed by atoms with Crippen molar-refractivity contribution in [2.45, 2.75) is 57.8 Å². The number of nitrogens with zero attached hydrogens (tertiary/aromatic N) is 1. The maximum Gasteiger partial charge on any atom is 0.241 e. The van der Waals surface area contributed by atoms with Gasteiger partial charge in [0.1, 0.15) is 11.9 Å². The van der Waals surface area contributed by atoms with Crippen molar-refractivity contribution < 1.29 is 9.53 Å². The SMILES string of the molecule is CCCC1NC(c2ccc(OCC)cc2)N(C2CC2)C1=O. The fourth-order valence-electron chi connectivity index (χ4n) is 3.06. The van der Waals surface area contributed by atoms with Gasteiger partial charge in [-0.3, -0.25) is 10.1 Å². The first-order valence-corrected chi connectivity index (χ1v) is 8.05. The summed E-state index contributed by atoms with van der Waals surface area (Å²) < 4.78 is 5.49. The zero-order valence-electron chi connectivity index (χ0n) is 12.8. The fourth-order valence-corrected chi connectivity index (χ4v) is 3.06.